The van der Waals surface area contributed by atoms with Gasteiger partial charge >= 0.3 is 5.97 Å². The second-order valence-corrected chi connectivity index (χ2v) is 7.81. The van der Waals surface area contributed by atoms with Crippen molar-refractivity contribution < 1.29 is 9.90 Å². The molecule has 4 aromatic rings. The molecule has 0 saturated heterocycles. The van der Waals surface area contributed by atoms with Gasteiger partial charge in [-0.3, -0.25) is 0 Å². The molecule has 0 bridgehead atoms. The van der Waals surface area contributed by atoms with Crippen LogP contribution >= 0.6 is 0 Å². The summed E-state index contributed by atoms with van der Waals surface area (Å²) in [6.07, 6.45) is 0. The predicted molar refractivity (Wildman–Crippen MR) is 130 cm³/mol. The lowest BCUT2D eigenvalue weighted by Gasteiger charge is -2.23. The van der Waals surface area contributed by atoms with E-state index in [9.17, 15) is 9.90 Å². The Labute approximate surface area is 188 Å². The van der Waals surface area contributed by atoms with E-state index in [1.54, 1.807) is 0 Å². The van der Waals surface area contributed by atoms with Gasteiger partial charge < -0.3 is 19.9 Å². The second-order valence-electron chi connectivity index (χ2n) is 7.81. The molecule has 0 radical (unpaired) electrons. The molecule has 5 nitrogen and oxygen atoms in total. The molecule has 0 fully saturated rings. The normalized spacial score (nSPS) is 11.0. The SMILES string of the molecule is CCN(CCNCc1c(C(=O)O)n(Cc2ccccc2)c2ccccc12)c1ccccc1. The number of fused-ring (bicyclic) bond motifs is 1. The first-order chi connectivity index (χ1) is 15.7. The van der Waals surface area contributed by atoms with Crippen LogP contribution in [0.1, 0.15) is 28.5 Å². The Hall–Kier alpha value is -3.57. The number of benzene rings is 3. The number of rotatable bonds is 10. The molecule has 1 heterocycles. The molecule has 5 heteroatoms. The molecule has 0 spiro atoms. The quantitative estimate of drug-likeness (QED) is 0.350. The molecular formula is C27H29N3O2. The van der Waals surface area contributed by atoms with Gasteiger partial charge in [0, 0.05) is 54.9 Å². The average Bonchev–Trinajstić information content (AvgIpc) is 3.14. The molecule has 0 aliphatic carbocycles. The minimum absolute atomic E-state index is 0.359. The fraction of sp³-hybridized carbons (Fsp3) is 0.222. The van der Waals surface area contributed by atoms with Gasteiger partial charge in [0.1, 0.15) is 5.69 Å². The molecule has 0 unspecified atom stereocenters. The summed E-state index contributed by atoms with van der Waals surface area (Å²) < 4.78 is 1.92. The van der Waals surface area contributed by atoms with Crippen molar-refractivity contribution in [1.82, 2.24) is 9.88 Å². The third-order valence-corrected chi connectivity index (χ3v) is 5.83. The van der Waals surface area contributed by atoms with E-state index in [0.29, 0.717) is 18.8 Å². The van der Waals surface area contributed by atoms with Gasteiger partial charge in [0.2, 0.25) is 0 Å². The first-order valence-electron chi connectivity index (χ1n) is 11.1. The molecule has 2 N–H and O–H groups in total. The monoisotopic (exact) mass is 427 g/mol. The van der Waals surface area contributed by atoms with Gasteiger partial charge in [-0.1, -0.05) is 66.7 Å². The van der Waals surface area contributed by atoms with Gasteiger partial charge in [0.05, 0.1) is 0 Å². The van der Waals surface area contributed by atoms with Crippen molar-refractivity contribution in [2.75, 3.05) is 24.5 Å². The molecule has 1 aromatic heterocycles. The first-order valence-corrected chi connectivity index (χ1v) is 11.1. The van der Waals surface area contributed by atoms with Gasteiger partial charge in [0.15, 0.2) is 0 Å². The van der Waals surface area contributed by atoms with Crippen molar-refractivity contribution >= 4 is 22.6 Å². The summed E-state index contributed by atoms with van der Waals surface area (Å²) in [5.74, 6) is -0.895. The van der Waals surface area contributed by atoms with Crippen LogP contribution in [0.2, 0.25) is 0 Å². The fourth-order valence-corrected chi connectivity index (χ4v) is 4.26. The number of aromatic carboxylic acids is 1. The fourth-order valence-electron chi connectivity index (χ4n) is 4.26. The molecular weight excluding hydrogens is 398 g/mol. The Morgan fingerprint density at radius 2 is 1.59 bits per heavy atom. The highest BCUT2D eigenvalue weighted by Crippen LogP contribution is 2.27. The maximum Gasteiger partial charge on any atom is 0.352 e. The van der Waals surface area contributed by atoms with Crippen molar-refractivity contribution in [3.63, 3.8) is 0 Å². The number of carboxylic acid groups (broad SMARTS) is 1. The molecule has 0 atom stereocenters. The summed E-state index contributed by atoms with van der Waals surface area (Å²) in [6, 6.07) is 28.3. The highest BCUT2D eigenvalue weighted by Gasteiger charge is 2.22. The van der Waals surface area contributed by atoms with Crippen LogP contribution in [-0.2, 0) is 13.1 Å². The number of nitrogens with one attached hydrogen (secondary N) is 1. The van der Waals surface area contributed by atoms with E-state index in [2.05, 4.69) is 29.3 Å². The number of para-hydroxylation sites is 2. The average molecular weight is 428 g/mol. The lowest BCUT2D eigenvalue weighted by atomic mass is 10.1. The van der Waals surface area contributed by atoms with Gasteiger partial charge in [-0.05, 0) is 30.7 Å². The van der Waals surface area contributed by atoms with Gasteiger partial charge in [-0.15, -0.1) is 0 Å². The Morgan fingerprint density at radius 1 is 0.938 bits per heavy atom. The van der Waals surface area contributed by atoms with Crippen molar-refractivity contribution in [3.05, 3.63) is 102 Å². The minimum Gasteiger partial charge on any atom is -0.477 e. The largest absolute Gasteiger partial charge is 0.477 e. The van der Waals surface area contributed by atoms with Crippen molar-refractivity contribution in [2.24, 2.45) is 0 Å². The maximum absolute atomic E-state index is 12.3. The summed E-state index contributed by atoms with van der Waals surface area (Å²) in [4.78, 5) is 14.6. The second kappa shape index (κ2) is 10.2. The lowest BCUT2D eigenvalue weighted by Crippen LogP contribution is -2.32. The smallest absolute Gasteiger partial charge is 0.352 e. The van der Waals surface area contributed by atoms with Crippen LogP contribution in [0.3, 0.4) is 0 Å². The van der Waals surface area contributed by atoms with Crippen molar-refractivity contribution in [1.29, 1.82) is 0 Å². The van der Waals surface area contributed by atoms with Crippen LogP contribution in [0, 0.1) is 0 Å². The number of hydrogen-bond acceptors (Lipinski definition) is 3. The molecule has 4 rings (SSSR count). The number of aromatic nitrogens is 1. The zero-order valence-corrected chi connectivity index (χ0v) is 18.4. The Balaban J connectivity index is 1.55. The third-order valence-electron chi connectivity index (χ3n) is 5.83. The zero-order valence-electron chi connectivity index (χ0n) is 18.4. The van der Waals surface area contributed by atoms with E-state index in [-0.39, 0.29) is 0 Å². The molecule has 0 aliphatic heterocycles. The Bertz CT molecular complexity index is 1170. The van der Waals surface area contributed by atoms with E-state index in [1.165, 1.54) is 5.69 Å². The molecule has 0 amide bonds. The van der Waals surface area contributed by atoms with Crippen LogP contribution in [0.5, 0.6) is 0 Å². The molecule has 32 heavy (non-hydrogen) atoms. The number of carbonyl (C=O) groups is 1. The van der Waals surface area contributed by atoms with E-state index in [1.807, 2.05) is 77.4 Å². The van der Waals surface area contributed by atoms with E-state index >= 15 is 0 Å². The maximum atomic E-state index is 12.3. The molecule has 3 aromatic carbocycles. The Kier molecular flexibility index (Phi) is 6.87. The number of likely N-dealkylation sites (N-methyl/N-ethyl adjacent to an activating group) is 1. The van der Waals surface area contributed by atoms with Crippen molar-refractivity contribution in [2.45, 2.75) is 20.0 Å². The summed E-state index contributed by atoms with van der Waals surface area (Å²) in [5, 5.41) is 14.6. The van der Waals surface area contributed by atoms with Crippen LogP contribution in [0.4, 0.5) is 5.69 Å². The van der Waals surface area contributed by atoms with E-state index < -0.39 is 5.97 Å². The van der Waals surface area contributed by atoms with Crippen LogP contribution in [0.15, 0.2) is 84.9 Å². The zero-order chi connectivity index (χ0) is 22.3. The van der Waals surface area contributed by atoms with E-state index in [4.69, 9.17) is 0 Å². The van der Waals surface area contributed by atoms with Crippen molar-refractivity contribution in [3.8, 4) is 0 Å². The van der Waals surface area contributed by atoms with Gasteiger partial charge in [-0.25, -0.2) is 4.79 Å². The summed E-state index contributed by atoms with van der Waals surface area (Å²) in [5.41, 5.74) is 4.42. The predicted octanol–water partition coefficient (Wildman–Crippen LogP) is 5.00. The van der Waals surface area contributed by atoms with Crippen LogP contribution in [0.25, 0.3) is 10.9 Å². The van der Waals surface area contributed by atoms with Crippen LogP contribution < -0.4 is 10.2 Å². The number of nitrogens with zero attached hydrogens (tertiary/aromatic N) is 2. The summed E-state index contributed by atoms with van der Waals surface area (Å²) >= 11 is 0. The van der Waals surface area contributed by atoms with Gasteiger partial charge in [0.25, 0.3) is 0 Å². The molecule has 0 saturated carbocycles. The third kappa shape index (κ3) is 4.68. The topological polar surface area (TPSA) is 57.5 Å². The van der Waals surface area contributed by atoms with Gasteiger partial charge in [-0.2, -0.15) is 0 Å². The standard InChI is InChI=1S/C27H29N3O2/c1-2-29(22-13-7-4-8-14-22)18-17-28-19-24-23-15-9-10-16-25(23)30(26(24)27(31)32)20-21-11-5-3-6-12-21/h3-16,28H,2,17-20H2,1H3,(H,31,32). The number of hydrogen-bond donors (Lipinski definition) is 2. The summed E-state index contributed by atoms with van der Waals surface area (Å²) in [7, 11) is 0. The highest BCUT2D eigenvalue weighted by molar-refractivity contribution is 5.98. The number of anilines is 1. The highest BCUT2D eigenvalue weighted by atomic mass is 16.4. The summed E-state index contributed by atoms with van der Waals surface area (Å²) in [6.45, 7) is 5.72. The van der Waals surface area contributed by atoms with E-state index in [0.717, 1.165) is 41.7 Å². The first kappa shape index (κ1) is 21.7. The van der Waals surface area contributed by atoms with Crippen LogP contribution in [-0.4, -0.2) is 35.3 Å². The molecule has 0 aliphatic rings. The number of carboxylic acids is 1. The minimum atomic E-state index is -0.895. The molecule has 164 valence electrons. The Morgan fingerprint density at radius 3 is 2.28 bits per heavy atom. The lowest BCUT2D eigenvalue weighted by molar-refractivity contribution is 0.0685.